The molecule has 0 unspecified atom stereocenters. The number of aliphatic hydroxyl groups is 1. The highest BCUT2D eigenvalue weighted by molar-refractivity contribution is 5.99. The lowest BCUT2D eigenvalue weighted by atomic mass is 9.90. The highest BCUT2D eigenvalue weighted by Crippen LogP contribution is 2.40. The van der Waals surface area contributed by atoms with Gasteiger partial charge in [-0.1, -0.05) is 40.7 Å². The van der Waals surface area contributed by atoms with E-state index in [0.29, 0.717) is 12.0 Å². The van der Waals surface area contributed by atoms with E-state index in [0.717, 1.165) is 48.9 Å². The van der Waals surface area contributed by atoms with E-state index in [-0.39, 0.29) is 11.3 Å². The molecular formula is C22H31N3O2. The van der Waals surface area contributed by atoms with Crippen molar-refractivity contribution in [1.29, 1.82) is 0 Å². The van der Waals surface area contributed by atoms with Gasteiger partial charge in [0.05, 0.1) is 5.69 Å². The van der Waals surface area contributed by atoms with Crippen molar-refractivity contribution in [3.63, 3.8) is 0 Å². The van der Waals surface area contributed by atoms with Gasteiger partial charge in [-0.15, -0.1) is 0 Å². The molecule has 0 fully saturated rings. The second kappa shape index (κ2) is 6.79. The third-order valence-corrected chi connectivity index (χ3v) is 5.19. The first-order chi connectivity index (χ1) is 12.6. The van der Waals surface area contributed by atoms with Crippen LogP contribution in [0.15, 0.2) is 18.2 Å². The highest BCUT2D eigenvalue weighted by Gasteiger charge is 2.34. The van der Waals surface area contributed by atoms with E-state index in [1.807, 2.05) is 11.0 Å². The monoisotopic (exact) mass is 369 g/mol. The van der Waals surface area contributed by atoms with Gasteiger partial charge in [0.15, 0.2) is 0 Å². The Hall–Kier alpha value is -2.14. The Morgan fingerprint density at radius 1 is 1.22 bits per heavy atom. The zero-order valence-corrected chi connectivity index (χ0v) is 17.3. The van der Waals surface area contributed by atoms with Gasteiger partial charge in [0.25, 0.3) is 5.91 Å². The third kappa shape index (κ3) is 3.79. The van der Waals surface area contributed by atoms with Crippen molar-refractivity contribution < 1.29 is 9.90 Å². The number of nitrogens with one attached hydrogen (secondary N) is 1. The van der Waals surface area contributed by atoms with Crippen molar-refractivity contribution in [1.82, 2.24) is 15.1 Å². The Kier molecular flexibility index (Phi) is 4.93. The fourth-order valence-corrected chi connectivity index (χ4v) is 4.22. The van der Waals surface area contributed by atoms with Crippen LogP contribution < -0.4 is 0 Å². The van der Waals surface area contributed by atoms with Crippen LogP contribution in [0.1, 0.15) is 61.8 Å². The standard InChI is InChI=1S/C21H27N3O.CH4O/c1-20(2,3)12-24-11-14-8-13(6-7-15(14)19(24)25)18-16-9-21(4,5)10-17(16)22-23-18;1-2/h6-8H,9-12H2,1-5H3,(H,22,23);2H,1H3. The van der Waals surface area contributed by atoms with E-state index in [1.165, 1.54) is 11.3 Å². The first kappa shape index (κ1) is 19.6. The van der Waals surface area contributed by atoms with Crippen LogP contribution in [0.4, 0.5) is 0 Å². The zero-order valence-electron chi connectivity index (χ0n) is 17.3. The van der Waals surface area contributed by atoms with Crippen molar-refractivity contribution in [2.45, 2.75) is 54.0 Å². The largest absolute Gasteiger partial charge is 0.400 e. The number of H-pyrrole nitrogens is 1. The SMILES string of the molecule is CC(C)(C)CN1Cc2cc(-c3n[nH]c4c3CC(C)(C)C4)ccc2C1=O.CO. The molecule has 0 spiro atoms. The lowest BCUT2D eigenvalue weighted by Gasteiger charge is -2.26. The molecule has 146 valence electrons. The van der Waals surface area contributed by atoms with Gasteiger partial charge in [-0.2, -0.15) is 5.10 Å². The molecule has 2 heterocycles. The first-order valence-corrected chi connectivity index (χ1v) is 9.56. The summed E-state index contributed by atoms with van der Waals surface area (Å²) in [7, 11) is 1.00. The molecule has 4 rings (SSSR count). The summed E-state index contributed by atoms with van der Waals surface area (Å²) in [4.78, 5) is 14.6. The van der Waals surface area contributed by atoms with Crippen LogP contribution >= 0.6 is 0 Å². The molecule has 2 aliphatic rings. The molecule has 1 amide bonds. The number of hydrogen-bond donors (Lipinski definition) is 2. The van der Waals surface area contributed by atoms with E-state index in [4.69, 9.17) is 5.11 Å². The minimum atomic E-state index is 0.106. The summed E-state index contributed by atoms with van der Waals surface area (Å²) in [6.45, 7) is 12.6. The molecule has 5 nitrogen and oxygen atoms in total. The van der Waals surface area contributed by atoms with Gasteiger partial charge in [-0.25, -0.2) is 0 Å². The summed E-state index contributed by atoms with van der Waals surface area (Å²) in [5.74, 6) is 0.157. The van der Waals surface area contributed by atoms with Crippen LogP contribution in [0.25, 0.3) is 11.3 Å². The summed E-state index contributed by atoms with van der Waals surface area (Å²) in [6.07, 6.45) is 2.11. The van der Waals surface area contributed by atoms with Gasteiger partial charge >= 0.3 is 0 Å². The van der Waals surface area contributed by atoms with Gasteiger partial charge in [-0.3, -0.25) is 9.89 Å². The molecule has 1 aromatic heterocycles. The summed E-state index contributed by atoms with van der Waals surface area (Å²) < 4.78 is 0. The molecule has 1 aromatic carbocycles. The highest BCUT2D eigenvalue weighted by atomic mass is 16.2. The van der Waals surface area contributed by atoms with E-state index in [2.05, 4.69) is 56.9 Å². The smallest absolute Gasteiger partial charge is 0.254 e. The first-order valence-electron chi connectivity index (χ1n) is 9.56. The van der Waals surface area contributed by atoms with Crippen molar-refractivity contribution in [2.24, 2.45) is 10.8 Å². The Labute approximate surface area is 161 Å². The number of aromatic amines is 1. The molecule has 1 aliphatic carbocycles. The normalized spacial score (nSPS) is 17.4. The van der Waals surface area contributed by atoms with Crippen molar-refractivity contribution in [3.8, 4) is 11.3 Å². The molecular weight excluding hydrogens is 338 g/mol. The molecule has 0 saturated heterocycles. The average molecular weight is 370 g/mol. The Morgan fingerprint density at radius 2 is 1.93 bits per heavy atom. The molecule has 0 radical (unpaired) electrons. The zero-order chi connectivity index (χ0) is 20.0. The van der Waals surface area contributed by atoms with Gasteiger partial charge in [0, 0.05) is 42.6 Å². The summed E-state index contributed by atoms with van der Waals surface area (Å²) >= 11 is 0. The number of benzene rings is 1. The number of fused-ring (bicyclic) bond motifs is 2. The summed E-state index contributed by atoms with van der Waals surface area (Å²) in [5, 5.41) is 14.8. The third-order valence-electron chi connectivity index (χ3n) is 5.19. The molecule has 0 atom stereocenters. The van der Waals surface area contributed by atoms with Crippen molar-refractivity contribution in [3.05, 3.63) is 40.6 Å². The number of aromatic nitrogens is 2. The van der Waals surface area contributed by atoms with Crippen molar-refractivity contribution in [2.75, 3.05) is 13.7 Å². The molecule has 2 N–H and O–H groups in total. The maximum Gasteiger partial charge on any atom is 0.254 e. The quantitative estimate of drug-likeness (QED) is 0.846. The number of amides is 1. The van der Waals surface area contributed by atoms with E-state index >= 15 is 0 Å². The number of aliphatic hydroxyl groups excluding tert-OH is 1. The molecule has 27 heavy (non-hydrogen) atoms. The number of hydrogen-bond acceptors (Lipinski definition) is 3. The minimum Gasteiger partial charge on any atom is -0.400 e. The van der Waals surface area contributed by atoms with Crippen LogP contribution in [-0.2, 0) is 19.4 Å². The van der Waals surface area contributed by atoms with E-state index in [1.54, 1.807) is 0 Å². The van der Waals surface area contributed by atoms with Crippen LogP contribution in [0.3, 0.4) is 0 Å². The number of carbonyl (C=O) groups excluding carboxylic acids is 1. The minimum absolute atomic E-state index is 0.106. The van der Waals surface area contributed by atoms with Crippen LogP contribution in [0, 0.1) is 10.8 Å². The second-order valence-corrected chi connectivity index (χ2v) is 9.64. The van der Waals surface area contributed by atoms with Crippen LogP contribution in [-0.4, -0.2) is 39.8 Å². The van der Waals surface area contributed by atoms with Gasteiger partial charge in [-0.05, 0) is 41.4 Å². The Bertz CT molecular complexity index is 859. The summed E-state index contributed by atoms with van der Waals surface area (Å²) in [6, 6.07) is 6.20. The van der Waals surface area contributed by atoms with Crippen LogP contribution in [0.2, 0.25) is 0 Å². The lowest BCUT2D eigenvalue weighted by molar-refractivity contribution is 0.0720. The molecule has 0 bridgehead atoms. The predicted octanol–water partition coefficient (Wildman–Crippen LogP) is 3.81. The maximum atomic E-state index is 12.6. The number of carbonyl (C=O) groups is 1. The fourth-order valence-electron chi connectivity index (χ4n) is 4.22. The van der Waals surface area contributed by atoms with Gasteiger partial charge < -0.3 is 10.0 Å². The Morgan fingerprint density at radius 3 is 2.59 bits per heavy atom. The number of rotatable bonds is 2. The lowest BCUT2D eigenvalue weighted by Crippen LogP contribution is -2.32. The maximum absolute atomic E-state index is 12.6. The number of nitrogens with zero attached hydrogens (tertiary/aromatic N) is 2. The van der Waals surface area contributed by atoms with Crippen LogP contribution in [0.5, 0.6) is 0 Å². The topological polar surface area (TPSA) is 69.2 Å². The fraction of sp³-hybridized carbons (Fsp3) is 0.545. The molecule has 1 aliphatic heterocycles. The summed E-state index contributed by atoms with van der Waals surface area (Å²) in [5.41, 5.74) is 7.18. The van der Waals surface area contributed by atoms with Crippen molar-refractivity contribution >= 4 is 5.91 Å². The Balaban J connectivity index is 0.00000102. The molecule has 2 aromatic rings. The molecule has 5 heteroatoms. The van der Waals surface area contributed by atoms with Gasteiger partial charge in [0.1, 0.15) is 0 Å². The average Bonchev–Trinajstić information content (AvgIpc) is 3.18. The molecule has 0 saturated carbocycles. The van der Waals surface area contributed by atoms with E-state index < -0.39 is 0 Å². The van der Waals surface area contributed by atoms with E-state index in [9.17, 15) is 4.79 Å². The predicted molar refractivity (Wildman–Crippen MR) is 108 cm³/mol. The van der Waals surface area contributed by atoms with Gasteiger partial charge in [0.2, 0.25) is 0 Å². The second-order valence-electron chi connectivity index (χ2n) is 9.64.